The minimum atomic E-state index is 0.471. The van der Waals surface area contributed by atoms with Crippen molar-refractivity contribution in [3.8, 4) is 0 Å². The third kappa shape index (κ3) is 3.69. The van der Waals surface area contributed by atoms with Crippen molar-refractivity contribution < 1.29 is 0 Å². The zero-order chi connectivity index (χ0) is 13.2. The van der Waals surface area contributed by atoms with Crippen LogP contribution in [0, 0.1) is 5.92 Å². The van der Waals surface area contributed by atoms with Crippen molar-refractivity contribution in [1.82, 2.24) is 15.1 Å². The fourth-order valence-corrected chi connectivity index (χ4v) is 3.15. The molecule has 0 aromatic rings. The van der Waals surface area contributed by atoms with Gasteiger partial charge in [0.2, 0.25) is 0 Å². The second kappa shape index (κ2) is 5.89. The van der Waals surface area contributed by atoms with Crippen LogP contribution in [0.25, 0.3) is 0 Å². The van der Waals surface area contributed by atoms with Gasteiger partial charge in [0.05, 0.1) is 0 Å². The molecule has 0 heterocycles. The minimum Gasteiger partial charge on any atom is -0.314 e. The summed E-state index contributed by atoms with van der Waals surface area (Å²) in [6.07, 6.45) is 6.95. The lowest BCUT2D eigenvalue weighted by molar-refractivity contribution is 0.0247. The quantitative estimate of drug-likeness (QED) is 0.711. The molecule has 18 heavy (non-hydrogen) atoms. The smallest absolute Gasteiger partial charge is 0.0330 e. The van der Waals surface area contributed by atoms with E-state index in [1.54, 1.807) is 0 Å². The van der Waals surface area contributed by atoms with Crippen LogP contribution in [-0.2, 0) is 0 Å². The maximum Gasteiger partial charge on any atom is 0.0330 e. The molecular weight excluding hydrogens is 222 g/mol. The van der Waals surface area contributed by atoms with Gasteiger partial charge in [-0.15, -0.1) is 0 Å². The lowest BCUT2D eigenvalue weighted by atomic mass is 9.75. The van der Waals surface area contributed by atoms with Crippen molar-refractivity contribution in [1.29, 1.82) is 0 Å². The van der Waals surface area contributed by atoms with Crippen molar-refractivity contribution >= 4 is 0 Å². The van der Waals surface area contributed by atoms with Crippen LogP contribution in [0.2, 0.25) is 0 Å². The highest BCUT2D eigenvalue weighted by Crippen LogP contribution is 2.36. The summed E-state index contributed by atoms with van der Waals surface area (Å²) in [6.45, 7) is 6.00. The summed E-state index contributed by atoms with van der Waals surface area (Å²) in [6, 6.07) is 0.845. The molecule has 1 unspecified atom stereocenters. The Morgan fingerprint density at radius 3 is 2.33 bits per heavy atom. The van der Waals surface area contributed by atoms with Crippen LogP contribution in [0.3, 0.4) is 0 Å². The van der Waals surface area contributed by atoms with Crippen LogP contribution in [0.1, 0.15) is 39.0 Å². The number of hydrogen-bond acceptors (Lipinski definition) is 3. The van der Waals surface area contributed by atoms with Gasteiger partial charge in [0.15, 0.2) is 0 Å². The highest BCUT2D eigenvalue weighted by atomic mass is 15.2. The van der Waals surface area contributed by atoms with Crippen LogP contribution < -0.4 is 5.32 Å². The highest BCUT2D eigenvalue weighted by molar-refractivity contribution is 4.98. The fraction of sp³-hybridized carbons (Fsp3) is 1.00. The third-order valence-electron chi connectivity index (χ3n) is 4.75. The average Bonchev–Trinajstić information content (AvgIpc) is 3.03. The van der Waals surface area contributed by atoms with E-state index in [1.807, 2.05) is 0 Å². The molecule has 3 nitrogen and oxygen atoms in total. The number of nitrogens with zero attached hydrogens (tertiary/aromatic N) is 2. The van der Waals surface area contributed by atoms with E-state index < -0.39 is 0 Å². The SMILES string of the molecule is CC(CNC1CC1)CN(C)CC1(N(C)C)CCC1. The van der Waals surface area contributed by atoms with Gasteiger partial charge in [-0.05, 0) is 65.7 Å². The Morgan fingerprint density at radius 1 is 1.22 bits per heavy atom. The summed E-state index contributed by atoms with van der Waals surface area (Å²) < 4.78 is 0. The molecule has 0 aliphatic heterocycles. The molecule has 106 valence electrons. The number of rotatable bonds is 8. The first-order chi connectivity index (χ1) is 8.52. The summed E-state index contributed by atoms with van der Waals surface area (Å²) in [5.74, 6) is 0.759. The zero-order valence-electron chi connectivity index (χ0n) is 12.7. The first-order valence-electron chi connectivity index (χ1n) is 7.61. The van der Waals surface area contributed by atoms with Gasteiger partial charge in [0.25, 0.3) is 0 Å². The molecule has 1 N–H and O–H groups in total. The molecule has 0 bridgehead atoms. The number of likely N-dealkylation sites (N-methyl/N-ethyl adjacent to an activating group) is 2. The van der Waals surface area contributed by atoms with Gasteiger partial charge in [0.1, 0.15) is 0 Å². The standard InChI is InChI=1S/C15H31N3/c1-13(10-16-14-6-7-14)11-18(4)12-15(17(2)3)8-5-9-15/h13-14,16H,5-12H2,1-4H3. The summed E-state index contributed by atoms with van der Waals surface area (Å²) in [4.78, 5) is 4.98. The van der Waals surface area contributed by atoms with Crippen LogP contribution in [-0.4, -0.2) is 62.2 Å². The maximum atomic E-state index is 3.64. The Kier molecular flexibility index (Phi) is 4.68. The second-order valence-electron chi connectivity index (χ2n) is 6.96. The molecule has 0 radical (unpaired) electrons. The molecule has 2 aliphatic carbocycles. The van der Waals surface area contributed by atoms with E-state index in [-0.39, 0.29) is 0 Å². The zero-order valence-corrected chi connectivity index (χ0v) is 12.7. The largest absolute Gasteiger partial charge is 0.314 e. The number of nitrogens with one attached hydrogen (secondary N) is 1. The van der Waals surface area contributed by atoms with E-state index in [4.69, 9.17) is 0 Å². The topological polar surface area (TPSA) is 18.5 Å². The Hall–Kier alpha value is -0.120. The molecule has 0 spiro atoms. The molecule has 0 amide bonds. The average molecular weight is 253 g/mol. The molecule has 2 aliphatic rings. The van der Waals surface area contributed by atoms with Gasteiger partial charge in [-0.2, -0.15) is 0 Å². The van der Waals surface area contributed by atoms with Gasteiger partial charge < -0.3 is 15.1 Å². The van der Waals surface area contributed by atoms with Crippen LogP contribution in [0.5, 0.6) is 0 Å². The van der Waals surface area contributed by atoms with E-state index >= 15 is 0 Å². The van der Waals surface area contributed by atoms with E-state index in [2.05, 4.69) is 43.2 Å². The van der Waals surface area contributed by atoms with Gasteiger partial charge in [-0.1, -0.05) is 6.92 Å². The molecule has 2 fully saturated rings. The lowest BCUT2D eigenvalue weighted by Gasteiger charge is -2.49. The van der Waals surface area contributed by atoms with Gasteiger partial charge in [-0.3, -0.25) is 0 Å². The normalized spacial score (nSPS) is 24.3. The second-order valence-corrected chi connectivity index (χ2v) is 6.96. The van der Waals surface area contributed by atoms with Gasteiger partial charge in [0, 0.05) is 24.7 Å². The highest BCUT2D eigenvalue weighted by Gasteiger charge is 2.39. The molecular formula is C15H31N3. The van der Waals surface area contributed by atoms with Crippen LogP contribution in [0.15, 0.2) is 0 Å². The molecule has 1 atom stereocenters. The van der Waals surface area contributed by atoms with Gasteiger partial charge in [-0.25, -0.2) is 0 Å². The van der Waals surface area contributed by atoms with E-state index in [9.17, 15) is 0 Å². The van der Waals surface area contributed by atoms with Crippen molar-refractivity contribution in [2.75, 3.05) is 40.8 Å². The fourth-order valence-electron chi connectivity index (χ4n) is 3.15. The van der Waals surface area contributed by atoms with E-state index in [0.717, 1.165) is 12.0 Å². The lowest BCUT2D eigenvalue weighted by Crippen LogP contribution is -2.57. The summed E-state index contributed by atoms with van der Waals surface area (Å²) in [5, 5.41) is 3.64. The van der Waals surface area contributed by atoms with Crippen molar-refractivity contribution in [2.45, 2.75) is 50.6 Å². The molecule has 0 aromatic carbocycles. The summed E-state index contributed by atoms with van der Waals surface area (Å²) >= 11 is 0. The van der Waals surface area contributed by atoms with E-state index in [0.29, 0.717) is 5.54 Å². The Balaban J connectivity index is 1.68. The summed E-state index contributed by atoms with van der Waals surface area (Å²) in [5.41, 5.74) is 0.471. The maximum absolute atomic E-state index is 3.64. The Bertz CT molecular complexity index is 256. The monoisotopic (exact) mass is 253 g/mol. The first-order valence-corrected chi connectivity index (χ1v) is 7.61. The van der Waals surface area contributed by atoms with Crippen molar-refractivity contribution in [2.24, 2.45) is 5.92 Å². The molecule has 0 saturated heterocycles. The summed E-state index contributed by atoms with van der Waals surface area (Å²) in [7, 11) is 6.77. The molecule has 3 heteroatoms. The predicted octanol–water partition coefficient (Wildman–Crippen LogP) is 1.79. The third-order valence-corrected chi connectivity index (χ3v) is 4.75. The van der Waals surface area contributed by atoms with Crippen molar-refractivity contribution in [3.05, 3.63) is 0 Å². The van der Waals surface area contributed by atoms with E-state index in [1.165, 1.54) is 51.7 Å². The molecule has 2 rings (SSSR count). The van der Waals surface area contributed by atoms with Crippen molar-refractivity contribution in [3.63, 3.8) is 0 Å². The molecule has 2 saturated carbocycles. The predicted molar refractivity (Wildman–Crippen MR) is 78.0 cm³/mol. The molecule has 0 aromatic heterocycles. The van der Waals surface area contributed by atoms with Gasteiger partial charge >= 0.3 is 0 Å². The Labute approximate surface area is 113 Å². The van der Waals surface area contributed by atoms with Crippen LogP contribution in [0.4, 0.5) is 0 Å². The number of hydrogen-bond donors (Lipinski definition) is 1. The van der Waals surface area contributed by atoms with Crippen LogP contribution >= 0.6 is 0 Å². The Morgan fingerprint density at radius 2 is 1.89 bits per heavy atom. The minimum absolute atomic E-state index is 0.471. The first kappa shape index (κ1) is 14.3.